The zero-order chi connectivity index (χ0) is 11.6. The van der Waals surface area contributed by atoms with Crippen LogP contribution in [0.4, 0.5) is 5.69 Å². The Balaban J connectivity index is 1.78. The monoisotopic (exact) mass is 219 g/mol. The third-order valence-electron chi connectivity index (χ3n) is 2.59. The zero-order valence-corrected chi connectivity index (χ0v) is 9.44. The molecule has 0 radical (unpaired) electrons. The van der Waals surface area contributed by atoms with Crippen molar-refractivity contribution in [3.05, 3.63) is 30.3 Å². The second-order valence-corrected chi connectivity index (χ2v) is 4.71. The van der Waals surface area contributed by atoms with Crippen molar-refractivity contribution in [3.63, 3.8) is 0 Å². The minimum absolute atomic E-state index is 0.0155. The van der Waals surface area contributed by atoms with Crippen LogP contribution < -0.4 is 11.1 Å². The number of hydrogen-bond donors (Lipinski definition) is 2. The van der Waals surface area contributed by atoms with Crippen molar-refractivity contribution in [1.82, 2.24) is 4.90 Å². The molecule has 4 nitrogen and oxygen atoms in total. The molecule has 1 fully saturated rings. The van der Waals surface area contributed by atoms with Crippen LogP contribution in [-0.4, -0.2) is 36.0 Å². The lowest BCUT2D eigenvalue weighted by Crippen LogP contribution is -2.66. The molecule has 0 aromatic heterocycles. The lowest BCUT2D eigenvalue weighted by atomic mass is 9.94. The van der Waals surface area contributed by atoms with Crippen LogP contribution in [0.15, 0.2) is 30.3 Å². The fourth-order valence-electron chi connectivity index (χ4n) is 2.01. The summed E-state index contributed by atoms with van der Waals surface area (Å²) < 4.78 is 0. The third-order valence-corrected chi connectivity index (χ3v) is 2.59. The van der Waals surface area contributed by atoms with E-state index in [0.29, 0.717) is 6.54 Å². The number of benzene rings is 1. The van der Waals surface area contributed by atoms with Crippen molar-refractivity contribution < 1.29 is 4.79 Å². The third kappa shape index (κ3) is 2.81. The van der Waals surface area contributed by atoms with Gasteiger partial charge in [0, 0.05) is 24.3 Å². The van der Waals surface area contributed by atoms with Gasteiger partial charge in [-0.2, -0.15) is 0 Å². The average molecular weight is 219 g/mol. The van der Waals surface area contributed by atoms with Gasteiger partial charge < -0.3 is 11.1 Å². The maximum absolute atomic E-state index is 11.6. The number of rotatable bonds is 3. The maximum Gasteiger partial charge on any atom is 0.238 e. The Morgan fingerprint density at radius 2 is 2.06 bits per heavy atom. The summed E-state index contributed by atoms with van der Waals surface area (Å²) in [4.78, 5) is 13.7. The van der Waals surface area contributed by atoms with E-state index in [1.807, 2.05) is 42.2 Å². The molecule has 1 aromatic rings. The predicted octanol–water partition coefficient (Wildman–Crippen LogP) is 0.658. The SMILES string of the molecule is CC1(N)CN(CC(=O)Nc2ccccc2)C1. The summed E-state index contributed by atoms with van der Waals surface area (Å²) in [6.45, 7) is 3.99. The van der Waals surface area contributed by atoms with Gasteiger partial charge in [-0.25, -0.2) is 0 Å². The molecule has 0 atom stereocenters. The van der Waals surface area contributed by atoms with Crippen molar-refractivity contribution in [2.75, 3.05) is 25.0 Å². The number of anilines is 1. The zero-order valence-electron chi connectivity index (χ0n) is 9.44. The van der Waals surface area contributed by atoms with Gasteiger partial charge in [0.15, 0.2) is 0 Å². The van der Waals surface area contributed by atoms with Gasteiger partial charge in [-0.05, 0) is 19.1 Å². The molecule has 1 aliphatic heterocycles. The van der Waals surface area contributed by atoms with Gasteiger partial charge >= 0.3 is 0 Å². The molecule has 1 amide bonds. The summed E-state index contributed by atoms with van der Waals surface area (Å²) >= 11 is 0. The number of carbonyl (C=O) groups is 1. The van der Waals surface area contributed by atoms with E-state index in [1.54, 1.807) is 0 Å². The molecule has 0 unspecified atom stereocenters. The molecule has 0 aliphatic carbocycles. The highest BCUT2D eigenvalue weighted by atomic mass is 16.2. The van der Waals surface area contributed by atoms with Crippen LogP contribution in [0, 0.1) is 0 Å². The van der Waals surface area contributed by atoms with Gasteiger partial charge in [-0.3, -0.25) is 9.69 Å². The van der Waals surface area contributed by atoms with Crippen molar-refractivity contribution >= 4 is 11.6 Å². The molecule has 4 heteroatoms. The first-order valence-corrected chi connectivity index (χ1v) is 5.41. The van der Waals surface area contributed by atoms with Gasteiger partial charge in [0.2, 0.25) is 5.91 Å². The minimum Gasteiger partial charge on any atom is -0.325 e. The fourth-order valence-corrected chi connectivity index (χ4v) is 2.01. The van der Waals surface area contributed by atoms with Crippen molar-refractivity contribution in [2.24, 2.45) is 5.73 Å². The summed E-state index contributed by atoms with van der Waals surface area (Å²) in [7, 11) is 0. The van der Waals surface area contributed by atoms with Gasteiger partial charge in [0.25, 0.3) is 0 Å². The van der Waals surface area contributed by atoms with Crippen molar-refractivity contribution in [2.45, 2.75) is 12.5 Å². The Hall–Kier alpha value is -1.39. The Labute approximate surface area is 95.4 Å². The van der Waals surface area contributed by atoms with Crippen LogP contribution in [0.2, 0.25) is 0 Å². The second-order valence-electron chi connectivity index (χ2n) is 4.71. The van der Waals surface area contributed by atoms with Crippen molar-refractivity contribution in [3.8, 4) is 0 Å². The van der Waals surface area contributed by atoms with Crippen molar-refractivity contribution in [1.29, 1.82) is 0 Å². The van der Waals surface area contributed by atoms with E-state index >= 15 is 0 Å². The number of likely N-dealkylation sites (tertiary alicyclic amines) is 1. The van der Waals surface area contributed by atoms with E-state index in [0.717, 1.165) is 18.8 Å². The summed E-state index contributed by atoms with van der Waals surface area (Å²) in [5.74, 6) is 0.0155. The fraction of sp³-hybridized carbons (Fsp3) is 0.417. The predicted molar refractivity (Wildman–Crippen MR) is 64.1 cm³/mol. The highest BCUT2D eigenvalue weighted by molar-refractivity contribution is 5.92. The van der Waals surface area contributed by atoms with E-state index in [2.05, 4.69) is 5.32 Å². The molecule has 0 bridgehead atoms. The largest absolute Gasteiger partial charge is 0.325 e. The van der Waals surface area contributed by atoms with E-state index < -0.39 is 0 Å². The molecule has 86 valence electrons. The normalized spacial score (nSPS) is 18.9. The second kappa shape index (κ2) is 4.23. The smallest absolute Gasteiger partial charge is 0.238 e. The topological polar surface area (TPSA) is 58.4 Å². The molecular weight excluding hydrogens is 202 g/mol. The number of para-hydroxylation sites is 1. The van der Waals surface area contributed by atoms with E-state index in [9.17, 15) is 4.79 Å². The number of nitrogens with one attached hydrogen (secondary N) is 1. The van der Waals surface area contributed by atoms with Gasteiger partial charge in [-0.1, -0.05) is 18.2 Å². The first-order chi connectivity index (χ1) is 7.55. The summed E-state index contributed by atoms with van der Waals surface area (Å²) in [6.07, 6.45) is 0. The maximum atomic E-state index is 11.6. The summed E-state index contributed by atoms with van der Waals surface area (Å²) in [5, 5.41) is 2.85. The molecule has 1 aromatic carbocycles. The Morgan fingerprint density at radius 1 is 1.44 bits per heavy atom. The van der Waals surface area contributed by atoms with Crippen LogP contribution in [0.5, 0.6) is 0 Å². The standard InChI is InChI=1S/C12H17N3O/c1-12(13)8-15(9-12)7-11(16)14-10-5-3-2-4-6-10/h2-6H,7-9,13H2,1H3,(H,14,16). The minimum atomic E-state index is -0.118. The first kappa shape index (κ1) is 11.1. The lowest BCUT2D eigenvalue weighted by molar-refractivity contribution is -0.118. The molecule has 3 N–H and O–H groups in total. The molecule has 16 heavy (non-hydrogen) atoms. The quantitative estimate of drug-likeness (QED) is 0.785. The molecule has 2 rings (SSSR count). The molecule has 1 heterocycles. The molecule has 0 saturated carbocycles. The highest BCUT2D eigenvalue weighted by Gasteiger charge is 2.35. The van der Waals surface area contributed by atoms with Crippen LogP contribution in [0.25, 0.3) is 0 Å². The van der Waals surface area contributed by atoms with Gasteiger partial charge in [0.05, 0.1) is 6.54 Å². The van der Waals surface area contributed by atoms with E-state index in [4.69, 9.17) is 5.73 Å². The highest BCUT2D eigenvalue weighted by Crippen LogP contribution is 2.16. The number of nitrogens with zero attached hydrogens (tertiary/aromatic N) is 1. The molecular formula is C12H17N3O. The van der Waals surface area contributed by atoms with Gasteiger partial charge in [-0.15, -0.1) is 0 Å². The summed E-state index contributed by atoms with van der Waals surface area (Å²) in [5.41, 5.74) is 6.59. The number of amides is 1. The molecule has 1 aliphatic rings. The first-order valence-electron chi connectivity index (χ1n) is 5.41. The Kier molecular flexibility index (Phi) is 2.94. The average Bonchev–Trinajstić information content (AvgIpc) is 2.16. The van der Waals surface area contributed by atoms with Crippen LogP contribution in [-0.2, 0) is 4.79 Å². The molecule has 0 spiro atoms. The van der Waals surface area contributed by atoms with Crippen LogP contribution in [0.3, 0.4) is 0 Å². The summed E-state index contributed by atoms with van der Waals surface area (Å²) in [6, 6.07) is 9.47. The van der Waals surface area contributed by atoms with Gasteiger partial charge in [0.1, 0.15) is 0 Å². The lowest BCUT2D eigenvalue weighted by Gasteiger charge is -2.44. The number of nitrogens with two attached hydrogens (primary N) is 1. The van der Waals surface area contributed by atoms with E-state index in [-0.39, 0.29) is 11.4 Å². The van der Waals surface area contributed by atoms with Crippen LogP contribution >= 0.6 is 0 Å². The molecule has 1 saturated heterocycles. The Morgan fingerprint density at radius 3 is 2.62 bits per heavy atom. The number of carbonyl (C=O) groups excluding carboxylic acids is 1. The number of hydrogen-bond acceptors (Lipinski definition) is 3. The van der Waals surface area contributed by atoms with E-state index in [1.165, 1.54) is 0 Å². The Bertz CT molecular complexity index is 367. The van der Waals surface area contributed by atoms with Crippen LogP contribution in [0.1, 0.15) is 6.92 Å².